The first kappa shape index (κ1) is 15.7. The molecule has 0 bridgehead atoms. The summed E-state index contributed by atoms with van der Waals surface area (Å²) in [6.45, 7) is 3.40. The highest BCUT2D eigenvalue weighted by Crippen LogP contribution is 2.10. The van der Waals surface area contributed by atoms with Crippen molar-refractivity contribution in [3.63, 3.8) is 0 Å². The van der Waals surface area contributed by atoms with E-state index in [1.165, 1.54) is 12.4 Å². The van der Waals surface area contributed by atoms with Gasteiger partial charge in [-0.3, -0.25) is 9.36 Å². The van der Waals surface area contributed by atoms with Gasteiger partial charge in [-0.15, -0.1) is 0 Å². The Bertz CT molecular complexity index is 703. The van der Waals surface area contributed by atoms with Gasteiger partial charge in [-0.25, -0.2) is 13.1 Å². The van der Waals surface area contributed by atoms with E-state index in [0.29, 0.717) is 6.54 Å². The molecule has 0 saturated carbocycles. The second kappa shape index (κ2) is 6.37. The van der Waals surface area contributed by atoms with Crippen LogP contribution in [0.3, 0.4) is 0 Å². The van der Waals surface area contributed by atoms with Crippen LogP contribution >= 0.6 is 0 Å². The Labute approximate surface area is 124 Å². The maximum Gasteiger partial charge on any atom is 0.243 e. The summed E-state index contributed by atoms with van der Waals surface area (Å²) in [4.78, 5) is 0.167. The molecule has 116 valence electrons. The molecule has 9 heteroatoms. The maximum absolute atomic E-state index is 12.2. The predicted octanol–water partition coefficient (Wildman–Crippen LogP) is -0.377. The summed E-state index contributed by atoms with van der Waals surface area (Å²) >= 11 is 0. The van der Waals surface area contributed by atoms with Crippen molar-refractivity contribution in [2.75, 3.05) is 13.6 Å². The van der Waals surface area contributed by atoms with Crippen LogP contribution in [0, 0.1) is 6.92 Å². The molecular formula is C12H20N6O2S. The van der Waals surface area contributed by atoms with Gasteiger partial charge in [-0.1, -0.05) is 0 Å². The number of nitrogens with zero attached hydrogens (tertiary/aromatic N) is 4. The summed E-state index contributed by atoms with van der Waals surface area (Å²) in [6, 6.07) is 0. The van der Waals surface area contributed by atoms with E-state index < -0.39 is 10.0 Å². The summed E-state index contributed by atoms with van der Waals surface area (Å²) < 4.78 is 30.2. The van der Waals surface area contributed by atoms with Gasteiger partial charge in [0.05, 0.1) is 18.4 Å². The molecule has 2 rings (SSSR count). The highest BCUT2D eigenvalue weighted by Gasteiger charge is 2.17. The molecule has 0 aromatic carbocycles. The van der Waals surface area contributed by atoms with Gasteiger partial charge in [0.2, 0.25) is 10.0 Å². The number of nitrogens with one attached hydrogen (secondary N) is 2. The van der Waals surface area contributed by atoms with Crippen LogP contribution in [0.15, 0.2) is 23.5 Å². The van der Waals surface area contributed by atoms with E-state index in [1.54, 1.807) is 22.6 Å². The number of aromatic nitrogens is 4. The lowest BCUT2D eigenvalue weighted by Gasteiger charge is -2.03. The van der Waals surface area contributed by atoms with Crippen molar-refractivity contribution >= 4 is 10.0 Å². The number of likely N-dealkylation sites (N-methyl/N-ethyl adjacent to an activating group) is 1. The summed E-state index contributed by atoms with van der Waals surface area (Å²) in [5.41, 5.74) is 1.66. The third-order valence-corrected chi connectivity index (χ3v) is 4.43. The Morgan fingerprint density at radius 1 is 1.33 bits per heavy atom. The Kier molecular flexibility index (Phi) is 4.76. The SMILES string of the molecule is CNCCn1cc(S(=O)(=O)NCc2cn(C)nc2C)cn1. The Morgan fingerprint density at radius 3 is 2.71 bits per heavy atom. The van der Waals surface area contributed by atoms with Gasteiger partial charge >= 0.3 is 0 Å². The van der Waals surface area contributed by atoms with Crippen LogP contribution in [0.4, 0.5) is 0 Å². The van der Waals surface area contributed by atoms with E-state index in [2.05, 4.69) is 20.2 Å². The standard InChI is InChI=1S/C12H20N6O2S/c1-10-11(8-17(3)16-10)6-15-21(19,20)12-7-14-18(9-12)5-4-13-2/h7-9,13,15H,4-6H2,1-3H3. The molecule has 0 aliphatic rings. The zero-order chi connectivity index (χ0) is 15.5. The lowest BCUT2D eigenvalue weighted by molar-refractivity contribution is 0.576. The third-order valence-electron chi connectivity index (χ3n) is 3.08. The van der Waals surface area contributed by atoms with Gasteiger partial charge in [-0.05, 0) is 14.0 Å². The lowest BCUT2D eigenvalue weighted by atomic mass is 10.3. The van der Waals surface area contributed by atoms with E-state index in [9.17, 15) is 8.42 Å². The van der Waals surface area contributed by atoms with E-state index >= 15 is 0 Å². The van der Waals surface area contributed by atoms with E-state index in [1.807, 2.05) is 14.0 Å². The van der Waals surface area contributed by atoms with Crippen molar-refractivity contribution in [3.05, 3.63) is 29.8 Å². The molecule has 2 heterocycles. The summed E-state index contributed by atoms with van der Waals surface area (Å²) in [6.07, 6.45) is 4.68. The first-order valence-corrected chi connectivity index (χ1v) is 8.06. The molecule has 0 saturated heterocycles. The lowest BCUT2D eigenvalue weighted by Crippen LogP contribution is -2.23. The quantitative estimate of drug-likeness (QED) is 0.727. The smallest absolute Gasteiger partial charge is 0.243 e. The topological polar surface area (TPSA) is 93.8 Å². The van der Waals surface area contributed by atoms with Crippen LogP contribution in [0.1, 0.15) is 11.3 Å². The first-order chi connectivity index (χ1) is 9.92. The molecule has 2 aromatic heterocycles. The fourth-order valence-electron chi connectivity index (χ4n) is 1.91. The molecule has 0 amide bonds. The fourth-order valence-corrected chi connectivity index (χ4v) is 2.87. The average Bonchev–Trinajstić information content (AvgIpc) is 3.01. The van der Waals surface area contributed by atoms with E-state index in [4.69, 9.17) is 0 Å². The van der Waals surface area contributed by atoms with Crippen molar-refractivity contribution in [1.82, 2.24) is 29.6 Å². The second-order valence-electron chi connectivity index (χ2n) is 4.78. The van der Waals surface area contributed by atoms with Crippen LogP contribution in [-0.2, 0) is 30.2 Å². The Hall–Kier alpha value is -1.71. The van der Waals surface area contributed by atoms with Crippen LogP contribution in [-0.4, -0.2) is 41.6 Å². The summed E-state index contributed by atoms with van der Waals surface area (Å²) in [5, 5.41) is 11.2. The normalized spacial score (nSPS) is 12.0. The van der Waals surface area contributed by atoms with Gasteiger partial charge in [0, 0.05) is 38.1 Å². The molecule has 8 nitrogen and oxygen atoms in total. The van der Waals surface area contributed by atoms with Gasteiger partial charge in [0.25, 0.3) is 0 Å². The van der Waals surface area contributed by atoms with Crippen molar-refractivity contribution in [2.45, 2.75) is 24.9 Å². The molecule has 0 radical (unpaired) electrons. The molecule has 0 spiro atoms. The van der Waals surface area contributed by atoms with Crippen LogP contribution in [0.5, 0.6) is 0 Å². The van der Waals surface area contributed by atoms with Crippen LogP contribution < -0.4 is 10.0 Å². The van der Waals surface area contributed by atoms with E-state index in [0.717, 1.165) is 17.8 Å². The molecule has 21 heavy (non-hydrogen) atoms. The third kappa shape index (κ3) is 3.90. The minimum atomic E-state index is -3.56. The zero-order valence-electron chi connectivity index (χ0n) is 12.4. The predicted molar refractivity (Wildman–Crippen MR) is 78.1 cm³/mol. The van der Waals surface area contributed by atoms with Gasteiger partial charge in [0.15, 0.2) is 0 Å². The molecule has 0 aliphatic heterocycles. The molecular weight excluding hydrogens is 292 g/mol. The van der Waals surface area contributed by atoms with Gasteiger partial charge in [-0.2, -0.15) is 10.2 Å². The average molecular weight is 312 g/mol. The number of rotatable bonds is 7. The molecule has 0 unspecified atom stereocenters. The largest absolute Gasteiger partial charge is 0.318 e. The molecule has 0 atom stereocenters. The Morgan fingerprint density at radius 2 is 2.10 bits per heavy atom. The Balaban J connectivity index is 2.04. The van der Waals surface area contributed by atoms with Crippen LogP contribution in [0.25, 0.3) is 0 Å². The maximum atomic E-state index is 12.2. The summed E-state index contributed by atoms with van der Waals surface area (Å²) in [5.74, 6) is 0. The van der Waals surface area contributed by atoms with Crippen molar-refractivity contribution < 1.29 is 8.42 Å². The fraction of sp³-hybridized carbons (Fsp3) is 0.500. The molecule has 2 aromatic rings. The van der Waals surface area contributed by atoms with Gasteiger partial charge in [0.1, 0.15) is 4.90 Å². The number of aryl methyl sites for hydroxylation is 2. The second-order valence-corrected chi connectivity index (χ2v) is 6.55. The number of hydrogen-bond donors (Lipinski definition) is 2. The summed E-state index contributed by atoms with van der Waals surface area (Å²) in [7, 11) is 0.0737. The van der Waals surface area contributed by atoms with Gasteiger partial charge < -0.3 is 5.32 Å². The van der Waals surface area contributed by atoms with Crippen molar-refractivity contribution in [2.24, 2.45) is 7.05 Å². The van der Waals surface area contributed by atoms with Crippen LogP contribution in [0.2, 0.25) is 0 Å². The molecule has 0 fully saturated rings. The minimum absolute atomic E-state index is 0.167. The minimum Gasteiger partial charge on any atom is -0.318 e. The highest BCUT2D eigenvalue weighted by atomic mass is 32.2. The zero-order valence-corrected chi connectivity index (χ0v) is 13.2. The molecule has 0 aliphatic carbocycles. The molecule has 2 N–H and O–H groups in total. The first-order valence-electron chi connectivity index (χ1n) is 6.58. The number of hydrogen-bond acceptors (Lipinski definition) is 5. The van der Waals surface area contributed by atoms with E-state index in [-0.39, 0.29) is 11.4 Å². The number of sulfonamides is 1. The highest BCUT2D eigenvalue weighted by molar-refractivity contribution is 7.89. The van der Waals surface area contributed by atoms with Crippen molar-refractivity contribution in [1.29, 1.82) is 0 Å². The monoisotopic (exact) mass is 312 g/mol. The van der Waals surface area contributed by atoms with Crippen molar-refractivity contribution in [3.8, 4) is 0 Å².